The van der Waals surface area contributed by atoms with Gasteiger partial charge in [-0.15, -0.1) is 12.5 Å². The maximum absolute atomic E-state index is 8.99. The second-order valence-corrected chi connectivity index (χ2v) is 4.11. The first kappa shape index (κ1) is 56.2. The van der Waals surface area contributed by atoms with Crippen LogP contribution in [0.4, 0.5) is 0 Å². The number of carbonyl (C=O) groups excluding carboxylic acids is 1. The summed E-state index contributed by atoms with van der Waals surface area (Å²) in [6.07, 6.45) is 8.82. The third-order valence-corrected chi connectivity index (χ3v) is 2.35. The third kappa shape index (κ3) is 51.7. The minimum atomic E-state index is 0. The van der Waals surface area contributed by atoms with Crippen molar-refractivity contribution in [1.29, 1.82) is 5.26 Å². The molecular formula is C21H47NO4Zn. The Labute approximate surface area is 184 Å². The molecule has 0 saturated carbocycles. The van der Waals surface area contributed by atoms with Crippen LogP contribution >= 0.6 is 0 Å². The van der Waals surface area contributed by atoms with Crippen LogP contribution in [0.2, 0.25) is 0 Å². The average molecular weight is 443 g/mol. The number of hydrogen-bond acceptors (Lipinski definition) is 5. The fraction of sp³-hybridized carbons (Fsp3) is 0.667. The number of nitrogens with zero attached hydrogens (tertiary/aromatic N) is 1. The van der Waals surface area contributed by atoms with E-state index in [1.165, 1.54) is 6.61 Å². The second-order valence-electron chi connectivity index (χ2n) is 4.11. The molecule has 0 heterocycles. The zero-order chi connectivity index (χ0) is 15.6. The number of allylic oxidation sites excluding steroid dienone is 2. The molecule has 0 aromatic rings. The molecule has 0 fully saturated rings. The number of ether oxygens (including phenoxy) is 1. The molecule has 0 spiro atoms. The molecule has 0 aromatic heterocycles. The van der Waals surface area contributed by atoms with Crippen LogP contribution in [0.5, 0.6) is 0 Å². The van der Waals surface area contributed by atoms with Gasteiger partial charge < -0.3 is 14.4 Å². The molecule has 1 N–H and O–H groups in total. The van der Waals surface area contributed by atoms with Crippen molar-refractivity contribution in [3.63, 3.8) is 0 Å². The smallest absolute Gasteiger partial charge is 0.617 e. The van der Waals surface area contributed by atoms with Gasteiger partial charge in [-0.05, 0) is 19.3 Å². The predicted octanol–water partition coefficient (Wildman–Crippen LogP) is 7.58. The van der Waals surface area contributed by atoms with Gasteiger partial charge in [0.2, 0.25) is 0 Å². The Morgan fingerprint density at radius 3 is 2.04 bits per heavy atom. The van der Waals surface area contributed by atoms with Gasteiger partial charge in [0.25, 0.3) is 0 Å². The minimum absolute atomic E-state index is 0. The van der Waals surface area contributed by atoms with Gasteiger partial charge in [0.15, 0.2) is 6.47 Å². The van der Waals surface area contributed by atoms with Crippen molar-refractivity contribution < 1.29 is 39.2 Å². The van der Waals surface area contributed by atoms with Crippen LogP contribution in [-0.4, -0.2) is 11.7 Å². The molecular weight excluding hydrogens is 396 g/mol. The van der Waals surface area contributed by atoms with E-state index in [0.717, 1.165) is 38.4 Å². The summed E-state index contributed by atoms with van der Waals surface area (Å²) in [5, 5.41) is 17.1. The van der Waals surface area contributed by atoms with Crippen LogP contribution in [0.1, 0.15) is 84.1 Å². The Morgan fingerprint density at radius 1 is 1.22 bits per heavy atom. The quantitative estimate of drug-likeness (QED) is 0.0941. The van der Waals surface area contributed by atoms with Crippen LogP contribution in [0.3, 0.4) is 0 Å². The summed E-state index contributed by atoms with van der Waals surface area (Å²) in [4.78, 5) is 12.9. The summed E-state index contributed by atoms with van der Waals surface area (Å²) in [6, 6.07) is 2.28. The SMILES string of the molecule is C.C.C.C.C.C.C=CO[C-]=O.CCC=CCCC(C#N)CC(C)[CH-]OO.[Zn+2]. The van der Waals surface area contributed by atoms with Gasteiger partial charge in [-0.1, -0.05) is 83.2 Å². The standard InChI is InChI=1S/C12H20NO2.C3H3O2.6CH4.Zn/c1-3-4-5-6-7-12(9-13)8-11(2)10-15-14;1-2-5-3-4;;;;;;;/h4-5,10-12,14H,3,6-8H2,1-2H3;2H,1H2;6*1H4;/q2*-1;;;;;;;+2. The molecule has 162 valence electrons. The maximum Gasteiger partial charge on any atom is 2.00 e. The van der Waals surface area contributed by atoms with E-state index in [4.69, 9.17) is 15.3 Å². The number of rotatable bonds is 10. The number of hydrogen-bond donors (Lipinski definition) is 1. The van der Waals surface area contributed by atoms with Crippen LogP contribution in [-0.2, 0) is 33.9 Å². The Kier molecular flexibility index (Phi) is 104. The van der Waals surface area contributed by atoms with Crippen LogP contribution in [0, 0.1) is 29.8 Å². The molecule has 0 aliphatic heterocycles. The van der Waals surface area contributed by atoms with E-state index < -0.39 is 0 Å². The van der Waals surface area contributed by atoms with E-state index in [1.54, 1.807) is 0 Å². The van der Waals surface area contributed by atoms with Gasteiger partial charge in [-0.25, -0.2) is 0 Å². The van der Waals surface area contributed by atoms with E-state index in [0.29, 0.717) is 0 Å². The van der Waals surface area contributed by atoms with E-state index in [-0.39, 0.29) is 75.9 Å². The molecule has 0 rings (SSSR count). The number of nitriles is 1. The first-order valence-electron chi connectivity index (χ1n) is 6.48. The largest absolute Gasteiger partial charge is 2.00 e. The summed E-state index contributed by atoms with van der Waals surface area (Å²) >= 11 is 0. The molecule has 27 heavy (non-hydrogen) atoms. The Morgan fingerprint density at radius 2 is 1.74 bits per heavy atom. The van der Waals surface area contributed by atoms with Gasteiger partial charge in [0, 0.05) is 5.92 Å². The monoisotopic (exact) mass is 441 g/mol. The molecule has 0 bridgehead atoms. The van der Waals surface area contributed by atoms with Crippen molar-refractivity contribution in [2.45, 2.75) is 84.1 Å². The molecule has 2 unspecified atom stereocenters. The van der Waals surface area contributed by atoms with Gasteiger partial charge in [-0.3, -0.25) is 5.26 Å². The maximum atomic E-state index is 8.99. The van der Waals surface area contributed by atoms with Crippen molar-refractivity contribution in [2.75, 3.05) is 0 Å². The molecule has 5 nitrogen and oxygen atoms in total. The molecule has 2 atom stereocenters. The summed E-state index contributed by atoms with van der Waals surface area (Å²) in [5.74, 6) is 0.141. The molecule has 0 aromatic carbocycles. The van der Waals surface area contributed by atoms with Crippen molar-refractivity contribution in [3.05, 3.63) is 31.6 Å². The molecule has 0 amide bonds. The Bertz CT molecular complexity index is 299. The summed E-state index contributed by atoms with van der Waals surface area (Å²) in [5.41, 5.74) is 0. The molecule has 0 aliphatic rings. The summed E-state index contributed by atoms with van der Waals surface area (Å²) < 4.78 is 3.79. The van der Waals surface area contributed by atoms with Gasteiger partial charge in [0.1, 0.15) is 0 Å². The molecule has 6 heteroatoms. The first-order valence-corrected chi connectivity index (χ1v) is 6.48. The van der Waals surface area contributed by atoms with Crippen molar-refractivity contribution in [2.24, 2.45) is 11.8 Å². The Balaban J connectivity index is -0.0000000347. The fourth-order valence-electron chi connectivity index (χ4n) is 1.46. The van der Waals surface area contributed by atoms with Crippen LogP contribution in [0.25, 0.3) is 0 Å². The Hall–Kier alpha value is -1.02. The van der Waals surface area contributed by atoms with Crippen molar-refractivity contribution in [1.82, 2.24) is 0 Å². The minimum Gasteiger partial charge on any atom is -0.617 e. The van der Waals surface area contributed by atoms with Gasteiger partial charge >= 0.3 is 19.5 Å². The average Bonchev–Trinajstić information content (AvgIpc) is 2.44. The van der Waals surface area contributed by atoms with Crippen molar-refractivity contribution >= 4 is 6.47 Å². The molecule has 0 saturated heterocycles. The third-order valence-electron chi connectivity index (χ3n) is 2.35. The summed E-state index contributed by atoms with van der Waals surface area (Å²) in [6.45, 7) is 9.58. The van der Waals surface area contributed by atoms with Gasteiger partial charge in [0.05, 0.1) is 6.07 Å². The topological polar surface area (TPSA) is 79.6 Å². The zero-order valence-electron chi connectivity index (χ0n) is 12.8. The second kappa shape index (κ2) is 49.8. The first-order chi connectivity index (χ1) is 9.65. The van der Waals surface area contributed by atoms with Gasteiger partial charge in [-0.2, -0.15) is 11.9 Å². The van der Waals surface area contributed by atoms with E-state index >= 15 is 0 Å². The van der Waals surface area contributed by atoms with Crippen LogP contribution in [0.15, 0.2) is 25.0 Å². The van der Waals surface area contributed by atoms with Crippen molar-refractivity contribution in [3.8, 4) is 6.07 Å². The zero-order valence-corrected chi connectivity index (χ0v) is 15.8. The van der Waals surface area contributed by atoms with E-state index in [9.17, 15) is 0 Å². The fourth-order valence-corrected chi connectivity index (χ4v) is 1.46. The molecule has 0 aliphatic carbocycles. The van der Waals surface area contributed by atoms with E-state index in [1.807, 2.05) is 6.92 Å². The van der Waals surface area contributed by atoms with E-state index in [2.05, 4.69) is 41.3 Å². The van der Waals surface area contributed by atoms with Crippen LogP contribution < -0.4 is 0 Å². The normalized spacial score (nSPS) is 9.41. The summed E-state index contributed by atoms with van der Waals surface area (Å²) in [7, 11) is 0. The molecule has 0 radical (unpaired) electrons. The predicted molar refractivity (Wildman–Crippen MR) is 117 cm³/mol.